The minimum absolute atomic E-state index is 0.0593. The maximum atomic E-state index is 12.7. The predicted molar refractivity (Wildman–Crippen MR) is 133 cm³/mol. The van der Waals surface area contributed by atoms with E-state index in [0.29, 0.717) is 31.7 Å². The van der Waals surface area contributed by atoms with Crippen molar-refractivity contribution in [1.29, 1.82) is 5.26 Å². The summed E-state index contributed by atoms with van der Waals surface area (Å²) in [6.07, 6.45) is 0.503. The second-order valence-electron chi connectivity index (χ2n) is 10.1. The van der Waals surface area contributed by atoms with Crippen molar-refractivity contribution in [3.05, 3.63) is 57.9 Å². The molecular weight excluding hydrogens is 450 g/mol. The van der Waals surface area contributed by atoms with Gasteiger partial charge in [-0.1, -0.05) is 41.9 Å². The molecule has 0 N–H and O–H groups in total. The van der Waals surface area contributed by atoms with Gasteiger partial charge < -0.3 is 14.5 Å². The number of piperazine rings is 1. The fourth-order valence-corrected chi connectivity index (χ4v) is 4.99. The SMILES string of the molecule is C[C@@H]1CN(c2c(C#N)c(Cl)nc3c2CCN(Cc2ccccc2)C3)CCN1C(=O)OC(C)(C)C. The first-order valence-electron chi connectivity index (χ1n) is 11.8. The summed E-state index contributed by atoms with van der Waals surface area (Å²) in [5.74, 6) is 0. The zero-order valence-corrected chi connectivity index (χ0v) is 21.1. The molecule has 0 spiro atoms. The third-order valence-corrected chi connectivity index (χ3v) is 6.57. The number of ether oxygens (including phenoxy) is 1. The summed E-state index contributed by atoms with van der Waals surface area (Å²) in [5.41, 5.74) is 4.07. The zero-order chi connectivity index (χ0) is 24.5. The van der Waals surface area contributed by atoms with Crippen LogP contribution in [0.2, 0.25) is 5.15 Å². The number of pyridine rings is 1. The number of aromatic nitrogens is 1. The first-order valence-corrected chi connectivity index (χ1v) is 12.2. The molecule has 1 atom stereocenters. The molecule has 1 amide bonds. The van der Waals surface area contributed by atoms with Crippen LogP contribution in [-0.2, 0) is 24.2 Å². The van der Waals surface area contributed by atoms with E-state index < -0.39 is 5.60 Å². The molecule has 180 valence electrons. The number of hydrogen-bond acceptors (Lipinski definition) is 6. The Kier molecular flexibility index (Phi) is 7.01. The molecule has 0 aliphatic carbocycles. The van der Waals surface area contributed by atoms with Crippen LogP contribution in [0.4, 0.5) is 10.5 Å². The second-order valence-corrected chi connectivity index (χ2v) is 10.4. The average Bonchev–Trinajstić information content (AvgIpc) is 2.77. The largest absolute Gasteiger partial charge is 0.444 e. The standard InChI is InChI=1S/C26H32ClN5O2/c1-18-15-31(12-13-32(18)25(33)34-26(2,3)4)23-20-10-11-30(16-19-8-6-5-7-9-19)17-22(20)29-24(27)21(23)14-28/h5-9,18H,10-13,15-17H2,1-4H3/t18-/m1/s1. The minimum atomic E-state index is -0.536. The van der Waals surface area contributed by atoms with Crippen molar-refractivity contribution in [2.45, 2.75) is 58.8 Å². The van der Waals surface area contributed by atoms with Crippen molar-refractivity contribution in [2.75, 3.05) is 31.1 Å². The van der Waals surface area contributed by atoms with Crippen LogP contribution in [0.5, 0.6) is 0 Å². The molecule has 0 bridgehead atoms. The van der Waals surface area contributed by atoms with Crippen LogP contribution < -0.4 is 4.90 Å². The quantitative estimate of drug-likeness (QED) is 0.596. The van der Waals surface area contributed by atoms with E-state index in [0.717, 1.165) is 36.5 Å². The molecule has 4 rings (SSSR count). The van der Waals surface area contributed by atoms with E-state index in [9.17, 15) is 10.1 Å². The lowest BCUT2D eigenvalue weighted by Crippen LogP contribution is -2.55. The molecule has 2 aliphatic rings. The van der Waals surface area contributed by atoms with Crippen molar-refractivity contribution >= 4 is 23.4 Å². The van der Waals surface area contributed by atoms with Gasteiger partial charge in [0.05, 0.1) is 11.4 Å². The Hall–Kier alpha value is -2.82. The number of benzene rings is 1. The summed E-state index contributed by atoms with van der Waals surface area (Å²) in [5, 5.41) is 10.2. The molecule has 0 unspecified atom stereocenters. The highest BCUT2D eigenvalue weighted by Crippen LogP contribution is 2.36. The van der Waals surface area contributed by atoms with Crippen LogP contribution in [-0.4, -0.2) is 58.7 Å². The Bertz CT molecular complexity index is 1090. The monoisotopic (exact) mass is 481 g/mol. The van der Waals surface area contributed by atoms with Crippen LogP contribution in [0.3, 0.4) is 0 Å². The van der Waals surface area contributed by atoms with Gasteiger partial charge >= 0.3 is 6.09 Å². The number of nitriles is 1. The summed E-state index contributed by atoms with van der Waals surface area (Å²) >= 11 is 6.52. The van der Waals surface area contributed by atoms with E-state index in [2.05, 4.69) is 45.1 Å². The van der Waals surface area contributed by atoms with Crippen LogP contribution >= 0.6 is 11.6 Å². The molecule has 0 radical (unpaired) electrons. The van der Waals surface area contributed by atoms with Crippen molar-refractivity contribution in [1.82, 2.24) is 14.8 Å². The molecule has 1 saturated heterocycles. The Morgan fingerprint density at radius 2 is 1.97 bits per heavy atom. The van der Waals surface area contributed by atoms with Crippen molar-refractivity contribution in [3.63, 3.8) is 0 Å². The number of halogens is 1. The molecule has 1 aromatic carbocycles. The van der Waals surface area contributed by atoms with Gasteiger partial charge in [-0.2, -0.15) is 5.26 Å². The van der Waals surface area contributed by atoms with Gasteiger partial charge in [-0.3, -0.25) is 4.90 Å². The Balaban J connectivity index is 1.56. The number of anilines is 1. The van der Waals surface area contributed by atoms with E-state index in [1.165, 1.54) is 5.56 Å². The summed E-state index contributed by atoms with van der Waals surface area (Å²) < 4.78 is 5.58. The minimum Gasteiger partial charge on any atom is -0.444 e. The van der Waals surface area contributed by atoms with Crippen LogP contribution in [0.15, 0.2) is 30.3 Å². The molecule has 7 nitrogen and oxygen atoms in total. The van der Waals surface area contributed by atoms with Gasteiger partial charge in [0.1, 0.15) is 22.4 Å². The van der Waals surface area contributed by atoms with Gasteiger partial charge in [-0.25, -0.2) is 9.78 Å². The maximum absolute atomic E-state index is 12.7. The summed E-state index contributed by atoms with van der Waals surface area (Å²) in [4.78, 5) is 23.6. The highest BCUT2D eigenvalue weighted by molar-refractivity contribution is 6.31. The molecule has 2 aliphatic heterocycles. The molecule has 34 heavy (non-hydrogen) atoms. The Morgan fingerprint density at radius 1 is 1.24 bits per heavy atom. The van der Waals surface area contributed by atoms with Gasteiger partial charge in [0.15, 0.2) is 0 Å². The number of fused-ring (bicyclic) bond motifs is 1. The number of amides is 1. The lowest BCUT2D eigenvalue weighted by molar-refractivity contribution is 0.0159. The first kappa shape index (κ1) is 24.3. The van der Waals surface area contributed by atoms with E-state index in [1.807, 2.05) is 33.8 Å². The number of hydrogen-bond donors (Lipinski definition) is 0. The lowest BCUT2D eigenvalue weighted by Gasteiger charge is -2.42. The molecule has 8 heteroatoms. The van der Waals surface area contributed by atoms with Gasteiger partial charge in [0, 0.05) is 50.9 Å². The Labute approximate surface area is 206 Å². The molecular formula is C26H32ClN5O2. The van der Waals surface area contributed by atoms with Crippen LogP contribution in [0.1, 0.15) is 50.1 Å². The van der Waals surface area contributed by atoms with Crippen molar-refractivity contribution in [3.8, 4) is 6.07 Å². The molecule has 2 aromatic rings. The predicted octanol–water partition coefficient (Wildman–Crippen LogP) is 4.61. The highest BCUT2D eigenvalue weighted by atomic mass is 35.5. The maximum Gasteiger partial charge on any atom is 0.410 e. The topological polar surface area (TPSA) is 72.7 Å². The van der Waals surface area contributed by atoms with Crippen LogP contribution in [0, 0.1) is 11.3 Å². The van der Waals surface area contributed by atoms with Gasteiger partial charge in [0.2, 0.25) is 0 Å². The molecule has 3 heterocycles. The van der Waals surface area contributed by atoms with Gasteiger partial charge in [-0.15, -0.1) is 0 Å². The van der Waals surface area contributed by atoms with E-state index in [1.54, 1.807) is 4.90 Å². The zero-order valence-electron chi connectivity index (χ0n) is 20.3. The summed E-state index contributed by atoms with van der Waals surface area (Å²) in [6.45, 7) is 11.8. The number of carbonyl (C=O) groups excluding carboxylic acids is 1. The molecule has 0 saturated carbocycles. The van der Waals surface area contributed by atoms with E-state index in [-0.39, 0.29) is 17.3 Å². The first-order chi connectivity index (χ1) is 16.2. The fourth-order valence-electron chi connectivity index (χ4n) is 4.76. The summed E-state index contributed by atoms with van der Waals surface area (Å²) in [7, 11) is 0. The average molecular weight is 482 g/mol. The van der Waals surface area contributed by atoms with Gasteiger partial charge in [-0.05, 0) is 39.7 Å². The number of carbonyl (C=O) groups is 1. The second kappa shape index (κ2) is 9.81. The smallest absolute Gasteiger partial charge is 0.410 e. The third kappa shape index (κ3) is 5.29. The number of nitrogens with zero attached hydrogens (tertiary/aromatic N) is 5. The highest BCUT2D eigenvalue weighted by Gasteiger charge is 2.34. The fraction of sp³-hybridized carbons (Fsp3) is 0.500. The van der Waals surface area contributed by atoms with E-state index in [4.69, 9.17) is 16.3 Å². The van der Waals surface area contributed by atoms with Gasteiger partial charge in [0.25, 0.3) is 0 Å². The lowest BCUT2D eigenvalue weighted by atomic mass is 9.97. The molecule has 1 aromatic heterocycles. The van der Waals surface area contributed by atoms with E-state index >= 15 is 0 Å². The summed E-state index contributed by atoms with van der Waals surface area (Å²) in [6, 6.07) is 12.6. The van der Waals surface area contributed by atoms with Crippen molar-refractivity contribution < 1.29 is 9.53 Å². The third-order valence-electron chi connectivity index (χ3n) is 6.29. The normalized spacial score (nSPS) is 18.9. The molecule has 1 fully saturated rings. The van der Waals surface area contributed by atoms with Crippen molar-refractivity contribution in [2.24, 2.45) is 0 Å². The number of rotatable bonds is 3. The van der Waals surface area contributed by atoms with Crippen LogP contribution in [0.25, 0.3) is 0 Å². The Morgan fingerprint density at radius 3 is 2.62 bits per heavy atom.